The summed E-state index contributed by atoms with van der Waals surface area (Å²) in [7, 11) is 5.07. The molecule has 3 rings (SSSR count). The summed E-state index contributed by atoms with van der Waals surface area (Å²) in [5, 5.41) is 8.24. The third kappa shape index (κ3) is 4.37. The van der Waals surface area contributed by atoms with Crippen molar-refractivity contribution in [2.24, 2.45) is 7.05 Å². The van der Waals surface area contributed by atoms with Gasteiger partial charge in [0.1, 0.15) is 5.75 Å². The van der Waals surface area contributed by atoms with Crippen molar-refractivity contribution in [2.45, 2.75) is 33.2 Å². The van der Waals surface area contributed by atoms with Gasteiger partial charge in [-0.15, -0.1) is 5.10 Å². The number of hydrogen-bond acceptors (Lipinski definition) is 5. The highest BCUT2D eigenvalue weighted by molar-refractivity contribution is 9.10. The van der Waals surface area contributed by atoms with E-state index in [1.54, 1.807) is 18.9 Å². The monoisotopic (exact) mass is 460 g/mol. The van der Waals surface area contributed by atoms with E-state index in [9.17, 15) is 4.79 Å². The van der Waals surface area contributed by atoms with E-state index in [-0.39, 0.29) is 5.91 Å². The highest BCUT2D eigenvalue weighted by Crippen LogP contribution is 2.30. The van der Waals surface area contributed by atoms with Crippen molar-refractivity contribution < 1.29 is 14.3 Å². The molecule has 0 unspecified atom stereocenters. The summed E-state index contributed by atoms with van der Waals surface area (Å²) in [6.45, 7) is 4.40. The van der Waals surface area contributed by atoms with Crippen LogP contribution < -0.4 is 14.8 Å². The molecular formula is C21H25BrN4O3. The smallest absolute Gasteiger partial charge is 0.242 e. The van der Waals surface area contributed by atoms with Gasteiger partial charge in [-0.2, -0.15) is 0 Å². The predicted octanol–water partition coefficient (Wildman–Crippen LogP) is 3.61. The average Bonchev–Trinajstić information content (AvgIpc) is 3.02. The van der Waals surface area contributed by atoms with Gasteiger partial charge in [-0.3, -0.25) is 4.79 Å². The lowest BCUT2D eigenvalue weighted by Gasteiger charge is -2.12. The normalized spacial score (nSPS) is 11.0. The summed E-state index contributed by atoms with van der Waals surface area (Å²) in [4.78, 5) is 17.1. The van der Waals surface area contributed by atoms with Crippen LogP contribution >= 0.6 is 15.9 Å². The third-order valence-corrected chi connectivity index (χ3v) is 5.53. The van der Waals surface area contributed by atoms with Gasteiger partial charge in [0.25, 0.3) is 0 Å². The van der Waals surface area contributed by atoms with E-state index in [2.05, 4.69) is 31.3 Å². The number of rotatable bonds is 7. The Morgan fingerprint density at radius 3 is 2.69 bits per heavy atom. The van der Waals surface area contributed by atoms with Gasteiger partial charge in [0, 0.05) is 35.7 Å². The van der Waals surface area contributed by atoms with Crippen LogP contribution in [0.25, 0.3) is 11.0 Å². The molecule has 1 aromatic carbocycles. The molecule has 0 spiro atoms. The van der Waals surface area contributed by atoms with E-state index in [1.807, 2.05) is 39.1 Å². The number of pyridine rings is 1. The van der Waals surface area contributed by atoms with Crippen LogP contribution in [0.2, 0.25) is 0 Å². The van der Waals surface area contributed by atoms with Crippen LogP contribution in [0.3, 0.4) is 0 Å². The van der Waals surface area contributed by atoms with Gasteiger partial charge in [0.15, 0.2) is 5.65 Å². The minimum Gasteiger partial charge on any atom is -0.496 e. The fourth-order valence-corrected chi connectivity index (χ4v) is 3.92. The quantitative estimate of drug-likeness (QED) is 0.582. The molecule has 7 nitrogen and oxygen atoms in total. The number of halogens is 1. The zero-order valence-electron chi connectivity index (χ0n) is 17.3. The molecule has 1 N–H and O–H groups in total. The Morgan fingerprint density at radius 2 is 2.00 bits per heavy atom. The first-order chi connectivity index (χ1) is 13.8. The molecule has 0 bridgehead atoms. The van der Waals surface area contributed by atoms with Crippen LogP contribution in [0, 0.1) is 13.8 Å². The third-order valence-electron chi connectivity index (χ3n) is 5.04. The van der Waals surface area contributed by atoms with E-state index in [0.717, 1.165) is 43.6 Å². The van der Waals surface area contributed by atoms with Crippen molar-refractivity contribution >= 4 is 32.9 Å². The number of fused-ring (bicyclic) bond motifs is 1. The summed E-state index contributed by atoms with van der Waals surface area (Å²) < 4.78 is 13.4. The molecule has 0 saturated heterocycles. The van der Waals surface area contributed by atoms with Gasteiger partial charge >= 0.3 is 0 Å². The van der Waals surface area contributed by atoms with Crippen molar-refractivity contribution in [3.8, 4) is 11.6 Å². The molecule has 0 fully saturated rings. The number of aromatic nitrogens is 3. The Balaban J connectivity index is 1.72. The SMILES string of the molecule is COc1ccc(Br)cc1CNC(=O)CCc1c(C)nc2c(c(OC)nn2C)c1C. The summed E-state index contributed by atoms with van der Waals surface area (Å²) in [6, 6.07) is 5.73. The molecule has 29 heavy (non-hydrogen) atoms. The number of benzene rings is 1. The lowest BCUT2D eigenvalue weighted by molar-refractivity contribution is -0.121. The first-order valence-corrected chi connectivity index (χ1v) is 10.1. The van der Waals surface area contributed by atoms with Crippen molar-refractivity contribution in [1.82, 2.24) is 20.1 Å². The number of nitrogens with zero attached hydrogens (tertiary/aromatic N) is 3. The van der Waals surface area contributed by atoms with Crippen molar-refractivity contribution in [2.75, 3.05) is 14.2 Å². The summed E-state index contributed by atoms with van der Waals surface area (Å²) in [6.07, 6.45) is 0.966. The molecule has 1 amide bonds. The van der Waals surface area contributed by atoms with Crippen LogP contribution in [-0.4, -0.2) is 34.9 Å². The Labute approximate surface area is 178 Å². The van der Waals surface area contributed by atoms with E-state index >= 15 is 0 Å². The highest BCUT2D eigenvalue weighted by Gasteiger charge is 2.18. The Bertz CT molecular complexity index is 1060. The number of hydrogen-bond donors (Lipinski definition) is 1. The zero-order chi connectivity index (χ0) is 21.1. The number of nitrogens with one attached hydrogen (secondary N) is 1. The summed E-state index contributed by atoms with van der Waals surface area (Å²) in [5.41, 5.74) is 4.72. The zero-order valence-corrected chi connectivity index (χ0v) is 18.9. The first-order valence-electron chi connectivity index (χ1n) is 9.31. The van der Waals surface area contributed by atoms with Gasteiger partial charge < -0.3 is 14.8 Å². The largest absolute Gasteiger partial charge is 0.496 e. The fourth-order valence-electron chi connectivity index (χ4n) is 3.51. The number of carbonyl (C=O) groups excluding carboxylic acids is 1. The number of ether oxygens (including phenoxy) is 2. The predicted molar refractivity (Wildman–Crippen MR) is 115 cm³/mol. The second-order valence-corrected chi connectivity index (χ2v) is 7.78. The van der Waals surface area contributed by atoms with Gasteiger partial charge in [-0.25, -0.2) is 9.67 Å². The Kier molecular flexibility index (Phi) is 6.42. The van der Waals surface area contributed by atoms with E-state index in [4.69, 9.17) is 9.47 Å². The molecule has 0 saturated carbocycles. The fraction of sp³-hybridized carbons (Fsp3) is 0.381. The molecule has 3 aromatic rings. The molecule has 0 aliphatic heterocycles. The van der Waals surface area contributed by atoms with Gasteiger partial charge in [0.2, 0.25) is 11.8 Å². The maximum Gasteiger partial charge on any atom is 0.242 e. The van der Waals surface area contributed by atoms with Gasteiger partial charge in [0.05, 0.1) is 19.6 Å². The number of amides is 1. The molecule has 2 aromatic heterocycles. The lowest BCUT2D eigenvalue weighted by Crippen LogP contribution is -2.23. The van der Waals surface area contributed by atoms with Crippen molar-refractivity contribution in [3.63, 3.8) is 0 Å². The molecule has 0 aliphatic carbocycles. The minimum absolute atomic E-state index is 0.0240. The van der Waals surface area contributed by atoms with Crippen molar-refractivity contribution in [1.29, 1.82) is 0 Å². The number of carbonyl (C=O) groups is 1. The van der Waals surface area contributed by atoms with Gasteiger partial charge in [-0.05, 0) is 49.6 Å². The van der Waals surface area contributed by atoms with Crippen LogP contribution in [-0.2, 0) is 24.8 Å². The second-order valence-electron chi connectivity index (χ2n) is 6.87. The maximum absolute atomic E-state index is 12.5. The van der Waals surface area contributed by atoms with Crippen LogP contribution in [0.4, 0.5) is 0 Å². The summed E-state index contributed by atoms with van der Waals surface area (Å²) >= 11 is 3.45. The molecule has 2 heterocycles. The highest BCUT2D eigenvalue weighted by atomic mass is 79.9. The summed E-state index contributed by atoms with van der Waals surface area (Å²) in [5.74, 6) is 1.28. The van der Waals surface area contributed by atoms with Crippen LogP contribution in [0.1, 0.15) is 28.8 Å². The molecule has 0 aliphatic rings. The number of methoxy groups -OCH3 is 2. The van der Waals surface area contributed by atoms with Crippen LogP contribution in [0.5, 0.6) is 11.6 Å². The Morgan fingerprint density at radius 1 is 1.24 bits per heavy atom. The minimum atomic E-state index is -0.0240. The molecule has 0 radical (unpaired) electrons. The Hall–Kier alpha value is -2.61. The molecule has 154 valence electrons. The van der Waals surface area contributed by atoms with E-state index in [1.165, 1.54) is 0 Å². The second kappa shape index (κ2) is 8.82. The molecule has 0 atom stereocenters. The van der Waals surface area contributed by atoms with Gasteiger partial charge in [-0.1, -0.05) is 15.9 Å². The molecule has 8 heteroatoms. The topological polar surface area (TPSA) is 78.3 Å². The first kappa shape index (κ1) is 21.1. The molecular weight excluding hydrogens is 436 g/mol. The van der Waals surface area contributed by atoms with Crippen LogP contribution in [0.15, 0.2) is 22.7 Å². The lowest BCUT2D eigenvalue weighted by atomic mass is 10.00. The van der Waals surface area contributed by atoms with Crippen molar-refractivity contribution in [3.05, 3.63) is 45.1 Å². The maximum atomic E-state index is 12.5. The van der Waals surface area contributed by atoms with E-state index in [0.29, 0.717) is 25.3 Å². The number of aryl methyl sites for hydroxylation is 3. The van der Waals surface area contributed by atoms with E-state index < -0.39 is 0 Å². The standard InChI is InChI=1S/C21H25BrN4O3/c1-12-16(13(2)24-20-19(12)21(29-5)25-26(20)3)7-9-18(27)23-11-14-10-15(22)6-8-17(14)28-4/h6,8,10H,7,9,11H2,1-5H3,(H,23,27). The average molecular weight is 461 g/mol.